The molecule has 0 aliphatic heterocycles. The summed E-state index contributed by atoms with van der Waals surface area (Å²) in [6, 6.07) is -0.220. The molecule has 0 bridgehead atoms. The topological polar surface area (TPSA) is 69.6 Å². The average molecular weight is 262 g/mol. The number of hydrogen-bond acceptors (Lipinski definition) is 3. The minimum atomic E-state index is -5.67. The van der Waals surface area contributed by atoms with Crippen LogP contribution in [-0.4, -0.2) is 27.9 Å². The standard InChI is InChI=1S/C6H12F3NO3SSi/c1-15(2,3)4-5(11)10-14(12,13)6(7,8)9/h4H2,1-3H3,(H,10,11)/p-1. The molecule has 9 heteroatoms. The maximum Gasteiger partial charge on any atom is 0.518 e. The van der Waals surface area contributed by atoms with Gasteiger partial charge in [-0.25, -0.2) is 0 Å². The van der Waals surface area contributed by atoms with Gasteiger partial charge < -0.3 is 5.11 Å². The number of rotatable bonds is 3. The van der Waals surface area contributed by atoms with Crippen molar-refractivity contribution in [3.8, 4) is 0 Å². The first-order chi connectivity index (χ1) is 6.35. The summed E-state index contributed by atoms with van der Waals surface area (Å²) in [5.74, 6) is -1.23. The lowest BCUT2D eigenvalue weighted by Gasteiger charge is -2.20. The number of nitrogens with zero attached hydrogens (tertiary/aromatic N) is 1. The van der Waals surface area contributed by atoms with Crippen LogP contribution in [0.5, 0.6) is 0 Å². The molecule has 0 rings (SSSR count). The molecule has 90 valence electrons. The molecule has 4 nitrogen and oxygen atoms in total. The van der Waals surface area contributed by atoms with Crippen LogP contribution in [0.15, 0.2) is 4.40 Å². The fourth-order valence-corrected chi connectivity index (χ4v) is 2.21. The molecule has 0 aromatic heterocycles. The molecular formula is C6H11F3NO3SSi-. The molecule has 0 radical (unpaired) electrons. The second kappa shape index (κ2) is 4.12. The molecule has 0 saturated heterocycles. The van der Waals surface area contributed by atoms with Gasteiger partial charge in [-0.2, -0.15) is 26.0 Å². The zero-order valence-corrected chi connectivity index (χ0v) is 10.2. The van der Waals surface area contributed by atoms with Gasteiger partial charge in [-0.15, -0.1) is 0 Å². The summed E-state index contributed by atoms with van der Waals surface area (Å²) in [6.07, 6.45) is 0. The summed E-state index contributed by atoms with van der Waals surface area (Å²) < 4.78 is 58.5. The van der Waals surface area contributed by atoms with Crippen molar-refractivity contribution >= 4 is 24.0 Å². The van der Waals surface area contributed by atoms with E-state index >= 15 is 0 Å². The van der Waals surface area contributed by atoms with E-state index in [4.69, 9.17) is 0 Å². The van der Waals surface area contributed by atoms with Crippen molar-refractivity contribution in [2.45, 2.75) is 31.2 Å². The van der Waals surface area contributed by atoms with Crippen LogP contribution in [0.25, 0.3) is 0 Å². The fraction of sp³-hybridized carbons (Fsp3) is 0.833. The van der Waals surface area contributed by atoms with Crippen molar-refractivity contribution in [1.29, 1.82) is 0 Å². The number of sulfonamides is 1. The van der Waals surface area contributed by atoms with Gasteiger partial charge in [-0.1, -0.05) is 19.6 Å². The number of halogens is 3. The van der Waals surface area contributed by atoms with Crippen molar-refractivity contribution in [3.63, 3.8) is 0 Å². The highest BCUT2D eigenvalue weighted by Crippen LogP contribution is 2.25. The Labute approximate surface area is 86.9 Å². The Morgan fingerprint density at radius 1 is 1.33 bits per heavy atom. The van der Waals surface area contributed by atoms with E-state index < -0.39 is 29.5 Å². The largest absolute Gasteiger partial charge is 0.861 e. The maximum absolute atomic E-state index is 11.8. The Balaban J connectivity index is 4.94. The Bertz CT molecular complexity index is 355. The minimum Gasteiger partial charge on any atom is -0.861 e. The van der Waals surface area contributed by atoms with E-state index in [-0.39, 0.29) is 6.04 Å². The van der Waals surface area contributed by atoms with Gasteiger partial charge in [0, 0.05) is 8.07 Å². The fourth-order valence-electron chi connectivity index (χ4n) is 0.672. The molecule has 15 heavy (non-hydrogen) atoms. The average Bonchev–Trinajstić information content (AvgIpc) is 1.75. The lowest BCUT2D eigenvalue weighted by Crippen LogP contribution is -2.33. The highest BCUT2D eigenvalue weighted by molar-refractivity contribution is 7.91. The van der Waals surface area contributed by atoms with Crippen molar-refractivity contribution in [2.75, 3.05) is 0 Å². The summed E-state index contributed by atoms with van der Waals surface area (Å²) in [4.78, 5) is 0. The molecule has 0 N–H and O–H groups in total. The number of hydrogen-bond donors (Lipinski definition) is 0. The van der Waals surface area contributed by atoms with Crippen molar-refractivity contribution in [2.24, 2.45) is 4.40 Å². The van der Waals surface area contributed by atoms with E-state index in [0.717, 1.165) is 0 Å². The quantitative estimate of drug-likeness (QED) is 0.431. The molecule has 0 aromatic carbocycles. The zero-order valence-electron chi connectivity index (χ0n) is 8.42. The molecule has 0 spiro atoms. The van der Waals surface area contributed by atoms with Gasteiger partial charge in [-0.05, 0) is 11.9 Å². The van der Waals surface area contributed by atoms with Gasteiger partial charge in [0.15, 0.2) is 0 Å². The van der Waals surface area contributed by atoms with E-state index in [0.29, 0.717) is 0 Å². The van der Waals surface area contributed by atoms with Crippen LogP contribution < -0.4 is 5.11 Å². The minimum absolute atomic E-state index is 0.220. The van der Waals surface area contributed by atoms with Gasteiger partial charge >= 0.3 is 15.5 Å². The van der Waals surface area contributed by atoms with Crippen LogP contribution >= 0.6 is 0 Å². The van der Waals surface area contributed by atoms with Gasteiger partial charge in [0.25, 0.3) is 0 Å². The van der Waals surface area contributed by atoms with Crippen molar-refractivity contribution < 1.29 is 26.7 Å². The molecule has 0 unspecified atom stereocenters. The SMILES string of the molecule is C[Si](C)(C)C/C([O-])=N/S(=O)(=O)C(F)(F)F. The normalized spacial score (nSPS) is 15.5. The summed E-state index contributed by atoms with van der Waals surface area (Å²) in [5, 5.41) is 10.9. The second-order valence-corrected chi connectivity index (χ2v) is 11.2. The van der Waals surface area contributed by atoms with Crippen LogP contribution in [0.3, 0.4) is 0 Å². The monoisotopic (exact) mass is 262 g/mol. The van der Waals surface area contributed by atoms with E-state index in [1.54, 1.807) is 19.6 Å². The predicted molar refractivity (Wildman–Crippen MR) is 50.6 cm³/mol. The summed E-state index contributed by atoms with van der Waals surface area (Å²) >= 11 is 0. The van der Waals surface area contributed by atoms with E-state index in [2.05, 4.69) is 4.40 Å². The van der Waals surface area contributed by atoms with Crippen LogP contribution in [0.4, 0.5) is 13.2 Å². The van der Waals surface area contributed by atoms with Crippen LogP contribution in [0.1, 0.15) is 0 Å². The molecule has 0 saturated carbocycles. The molecule has 0 aliphatic carbocycles. The van der Waals surface area contributed by atoms with E-state index in [9.17, 15) is 26.7 Å². The van der Waals surface area contributed by atoms with Crippen molar-refractivity contribution in [3.05, 3.63) is 0 Å². The third-order valence-corrected chi connectivity index (χ3v) is 3.59. The van der Waals surface area contributed by atoms with Gasteiger partial charge in [0.05, 0.1) is 0 Å². The van der Waals surface area contributed by atoms with Gasteiger partial charge in [-0.3, -0.25) is 0 Å². The summed E-state index contributed by atoms with van der Waals surface area (Å²) in [7, 11) is -7.63. The van der Waals surface area contributed by atoms with Crippen LogP contribution in [0, 0.1) is 0 Å². The maximum atomic E-state index is 11.8. The molecule has 0 fully saturated rings. The second-order valence-electron chi connectivity index (χ2n) is 4.14. The lowest BCUT2D eigenvalue weighted by molar-refractivity contribution is -0.215. The Hall–Kier alpha value is -0.573. The predicted octanol–water partition coefficient (Wildman–Crippen LogP) is 0.933. The molecule has 0 atom stereocenters. The molecule has 0 heterocycles. The number of alkyl halides is 3. The lowest BCUT2D eigenvalue weighted by atomic mass is 10.8. The molecule has 0 aromatic rings. The van der Waals surface area contributed by atoms with Crippen LogP contribution in [0.2, 0.25) is 25.7 Å². The highest BCUT2D eigenvalue weighted by Gasteiger charge is 2.45. The van der Waals surface area contributed by atoms with Crippen molar-refractivity contribution in [1.82, 2.24) is 0 Å². The summed E-state index contributed by atoms with van der Waals surface area (Å²) in [5.41, 5.74) is -5.50. The summed E-state index contributed by atoms with van der Waals surface area (Å²) in [6.45, 7) is 5.17. The third-order valence-electron chi connectivity index (χ3n) is 1.20. The Kier molecular flexibility index (Phi) is 3.96. The first kappa shape index (κ1) is 14.4. The first-order valence-corrected chi connectivity index (χ1v) is 9.07. The first-order valence-electron chi connectivity index (χ1n) is 3.92. The Morgan fingerprint density at radius 2 is 1.73 bits per heavy atom. The molecule has 0 aliphatic rings. The van der Waals surface area contributed by atoms with Gasteiger partial charge in [0.1, 0.15) is 0 Å². The smallest absolute Gasteiger partial charge is 0.518 e. The Morgan fingerprint density at radius 3 is 2.00 bits per heavy atom. The highest BCUT2D eigenvalue weighted by atomic mass is 32.2. The molecular weight excluding hydrogens is 251 g/mol. The van der Waals surface area contributed by atoms with Gasteiger partial charge in [0.2, 0.25) is 0 Å². The molecule has 0 amide bonds. The van der Waals surface area contributed by atoms with E-state index in [1.807, 2.05) is 0 Å². The third kappa shape index (κ3) is 5.16. The van der Waals surface area contributed by atoms with E-state index in [1.165, 1.54) is 0 Å². The van der Waals surface area contributed by atoms with Crippen LogP contribution in [-0.2, 0) is 10.0 Å². The zero-order chi connectivity index (χ0) is 12.5.